The third kappa shape index (κ3) is 7.21. The standard InChI is InChI=1S/C17H26N4OS.HI/c1-4-14(2)20-17(19-9-7-15-6-5-12-22-15)21(3)11-8-16-18-10-13-23-16;/h5-6,10,12-14H,4,7-9,11H2,1-3H3,(H,19,20);1H. The Labute approximate surface area is 165 Å². The van der Waals surface area contributed by atoms with E-state index < -0.39 is 0 Å². The third-order valence-electron chi connectivity index (χ3n) is 3.69. The Morgan fingerprint density at radius 1 is 1.46 bits per heavy atom. The van der Waals surface area contributed by atoms with Gasteiger partial charge in [0.15, 0.2) is 5.96 Å². The molecule has 134 valence electrons. The van der Waals surface area contributed by atoms with Gasteiger partial charge in [0.05, 0.1) is 11.3 Å². The van der Waals surface area contributed by atoms with Gasteiger partial charge in [-0.3, -0.25) is 4.99 Å². The Morgan fingerprint density at radius 3 is 2.92 bits per heavy atom. The van der Waals surface area contributed by atoms with Gasteiger partial charge in [-0.2, -0.15) is 0 Å². The molecule has 2 aromatic rings. The molecule has 0 saturated heterocycles. The number of rotatable bonds is 8. The van der Waals surface area contributed by atoms with Gasteiger partial charge in [-0.1, -0.05) is 6.92 Å². The lowest BCUT2D eigenvalue weighted by Crippen LogP contribution is -2.44. The summed E-state index contributed by atoms with van der Waals surface area (Å²) in [6.07, 6.45) is 6.39. The van der Waals surface area contributed by atoms with Crippen LogP contribution in [0.15, 0.2) is 39.4 Å². The fourth-order valence-electron chi connectivity index (χ4n) is 2.07. The zero-order valence-corrected chi connectivity index (χ0v) is 17.7. The van der Waals surface area contributed by atoms with E-state index in [2.05, 4.69) is 36.1 Å². The fraction of sp³-hybridized carbons (Fsp3) is 0.529. The fourth-order valence-corrected chi connectivity index (χ4v) is 2.68. The topological polar surface area (TPSA) is 53.7 Å². The lowest BCUT2D eigenvalue weighted by molar-refractivity contribution is 0.464. The van der Waals surface area contributed by atoms with Gasteiger partial charge in [0.2, 0.25) is 0 Å². The molecular weight excluding hydrogens is 435 g/mol. The molecule has 0 bridgehead atoms. The highest BCUT2D eigenvalue weighted by Gasteiger charge is 2.10. The van der Waals surface area contributed by atoms with Crippen molar-refractivity contribution in [3.63, 3.8) is 0 Å². The van der Waals surface area contributed by atoms with Crippen LogP contribution in [0, 0.1) is 0 Å². The van der Waals surface area contributed by atoms with Crippen molar-refractivity contribution in [2.24, 2.45) is 4.99 Å². The number of nitrogens with one attached hydrogen (secondary N) is 1. The molecule has 24 heavy (non-hydrogen) atoms. The van der Waals surface area contributed by atoms with Crippen LogP contribution in [0.25, 0.3) is 0 Å². The summed E-state index contributed by atoms with van der Waals surface area (Å²) in [6.45, 7) is 5.97. The number of aliphatic imine (C=N–C) groups is 1. The first-order chi connectivity index (χ1) is 11.2. The van der Waals surface area contributed by atoms with E-state index in [9.17, 15) is 0 Å². The van der Waals surface area contributed by atoms with E-state index in [0.29, 0.717) is 12.6 Å². The van der Waals surface area contributed by atoms with Crippen molar-refractivity contribution < 1.29 is 4.42 Å². The van der Waals surface area contributed by atoms with Gasteiger partial charge >= 0.3 is 0 Å². The van der Waals surface area contributed by atoms with Gasteiger partial charge in [-0.15, -0.1) is 35.3 Å². The Morgan fingerprint density at radius 2 is 2.29 bits per heavy atom. The summed E-state index contributed by atoms with van der Waals surface area (Å²) in [7, 11) is 2.08. The molecule has 2 heterocycles. The lowest BCUT2D eigenvalue weighted by Gasteiger charge is -2.25. The Bertz CT molecular complexity index is 571. The van der Waals surface area contributed by atoms with E-state index in [1.54, 1.807) is 17.6 Å². The minimum Gasteiger partial charge on any atom is -0.469 e. The maximum atomic E-state index is 5.36. The number of halogens is 1. The van der Waals surface area contributed by atoms with Crippen LogP contribution in [-0.2, 0) is 12.8 Å². The molecular formula is C17H27IN4OS. The lowest BCUT2D eigenvalue weighted by atomic mass is 10.2. The largest absolute Gasteiger partial charge is 0.469 e. The zero-order chi connectivity index (χ0) is 16.5. The van der Waals surface area contributed by atoms with Crippen LogP contribution in [0.3, 0.4) is 0 Å². The summed E-state index contributed by atoms with van der Waals surface area (Å²) in [4.78, 5) is 11.3. The van der Waals surface area contributed by atoms with Gasteiger partial charge in [0, 0.05) is 50.6 Å². The molecule has 0 radical (unpaired) electrons. The van der Waals surface area contributed by atoms with Crippen LogP contribution >= 0.6 is 35.3 Å². The Balaban J connectivity index is 0.00000288. The second-order valence-electron chi connectivity index (χ2n) is 5.59. The second-order valence-corrected chi connectivity index (χ2v) is 6.56. The van der Waals surface area contributed by atoms with Crippen molar-refractivity contribution in [1.29, 1.82) is 0 Å². The van der Waals surface area contributed by atoms with Crippen molar-refractivity contribution in [3.8, 4) is 0 Å². The summed E-state index contributed by atoms with van der Waals surface area (Å²) in [6, 6.07) is 4.31. The monoisotopic (exact) mass is 462 g/mol. The predicted molar refractivity (Wildman–Crippen MR) is 111 cm³/mol. The Hall–Kier alpha value is -1.09. The summed E-state index contributed by atoms with van der Waals surface area (Å²) < 4.78 is 5.36. The maximum Gasteiger partial charge on any atom is 0.193 e. The van der Waals surface area contributed by atoms with Crippen molar-refractivity contribution in [1.82, 2.24) is 15.2 Å². The number of guanidine groups is 1. The highest BCUT2D eigenvalue weighted by Crippen LogP contribution is 2.06. The molecule has 2 aromatic heterocycles. The van der Waals surface area contributed by atoms with Gasteiger partial charge in [0.1, 0.15) is 5.76 Å². The molecule has 0 spiro atoms. The normalized spacial score (nSPS) is 12.5. The van der Waals surface area contributed by atoms with Gasteiger partial charge in [-0.05, 0) is 25.5 Å². The van der Waals surface area contributed by atoms with Gasteiger partial charge in [0.25, 0.3) is 0 Å². The quantitative estimate of drug-likeness (QED) is 0.368. The van der Waals surface area contributed by atoms with Gasteiger partial charge in [-0.25, -0.2) is 4.98 Å². The molecule has 1 N–H and O–H groups in total. The smallest absolute Gasteiger partial charge is 0.193 e. The van der Waals surface area contributed by atoms with E-state index in [0.717, 1.165) is 42.5 Å². The Kier molecular flexibility index (Phi) is 10.0. The summed E-state index contributed by atoms with van der Waals surface area (Å²) in [5.41, 5.74) is 0. The highest BCUT2D eigenvalue weighted by atomic mass is 127. The number of aromatic nitrogens is 1. The molecule has 0 aromatic carbocycles. The van der Waals surface area contributed by atoms with Crippen molar-refractivity contribution in [3.05, 3.63) is 40.7 Å². The van der Waals surface area contributed by atoms with E-state index in [4.69, 9.17) is 9.41 Å². The molecule has 0 fully saturated rings. The predicted octanol–water partition coefficient (Wildman–Crippen LogP) is 3.82. The van der Waals surface area contributed by atoms with Crippen LogP contribution in [0.2, 0.25) is 0 Å². The van der Waals surface area contributed by atoms with E-state index in [-0.39, 0.29) is 24.0 Å². The van der Waals surface area contributed by atoms with Crippen LogP contribution < -0.4 is 5.32 Å². The average Bonchev–Trinajstić information content (AvgIpc) is 3.24. The van der Waals surface area contributed by atoms with Gasteiger partial charge < -0.3 is 14.6 Å². The number of furan rings is 1. The molecule has 5 nitrogen and oxygen atoms in total. The molecule has 2 rings (SSSR count). The molecule has 0 aliphatic carbocycles. The molecule has 0 saturated carbocycles. The molecule has 1 atom stereocenters. The summed E-state index contributed by atoms with van der Waals surface area (Å²) in [5, 5.41) is 6.69. The zero-order valence-electron chi connectivity index (χ0n) is 14.6. The van der Waals surface area contributed by atoms with Crippen molar-refractivity contribution in [2.45, 2.75) is 39.2 Å². The summed E-state index contributed by atoms with van der Waals surface area (Å²) >= 11 is 1.70. The molecule has 7 heteroatoms. The minimum absolute atomic E-state index is 0. The van der Waals surface area contributed by atoms with Crippen LogP contribution in [0.5, 0.6) is 0 Å². The molecule has 0 aliphatic heterocycles. The first-order valence-corrected chi connectivity index (χ1v) is 9.00. The van der Waals surface area contributed by atoms with Crippen molar-refractivity contribution >= 4 is 41.3 Å². The number of likely N-dealkylation sites (N-methyl/N-ethyl adjacent to an activating group) is 1. The highest BCUT2D eigenvalue weighted by molar-refractivity contribution is 14.0. The average molecular weight is 462 g/mol. The maximum absolute atomic E-state index is 5.36. The molecule has 1 unspecified atom stereocenters. The number of nitrogens with zero attached hydrogens (tertiary/aromatic N) is 3. The summed E-state index contributed by atoms with van der Waals surface area (Å²) in [5.74, 6) is 1.92. The minimum atomic E-state index is 0. The molecule has 0 aliphatic rings. The van der Waals surface area contributed by atoms with Crippen LogP contribution in [-0.4, -0.2) is 42.0 Å². The van der Waals surface area contributed by atoms with E-state index in [1.165, 1.54) is 0 Å². The van der Waals surface area contributed by atoms with E-state index >= 15 is 0 Å². The first-order valence-electron chi connectivity index (χ1n) is 8.12. The van der Waals surface area contributed by atoms with Crippen LogP contribution in [0.1, 0.15) is 31.0 Å². The number of hydrogen-bond donors (Lipinski definition) is 1. The third-order valence-corrected chi connectivity index (χ3v) is 4.53. The second kappa shape index (κ2) is 11.5. The van der Waals surface area contributed by atoms with Crippen molar-refractivity contribution in [2.75, 3.05) is 20.1 Å². The molecule has 0 amide bonds. The SMILES string of the molecule is CCC(C)NC(=NCCc1ccco1)N(C)CCc1nccs1.I. The van der Waals surface area contributed by atoms with E-state index in [1.807, 2.05) is 23.7 Å². The van der Waals surface area contributed by atoms with Crippen LogP contribution in [0.4, 0.5) is 0 Å². The number of thiazole rings is 1. The number of hydrogen-bond acceptors (Lipinski definition) is 4. The first kappa shape index (κ1) is 21.0.